The summed E-state index contributed by atoms with van der Waals surface area (Å²) in [5, 5.41) is 3.32. The van der Waals surface area contributed by atoms with Crippen molar-refractivity contribution < 1.29 is 0 Å². The molecule has 0 saturated heterocycles. The largest absolute Gasteiger partial charge is 0.342 e. The van der Waals surface area contributed by atoms with E-state index in [-0.39, 0.29) is 0 Å². The number of aryl methyl sites for hydroxylation is 2. The Morgan fingerprint density at radius 2 is 1.80 bits per heavy atom. The zero-order valence-electron chi connectivity index (χ0n) is 11.7. The Bertz CT molecular complexity index is 667. The summed E-state index contributed by atoms with van der Waals surface area (Å²) in [5.41, 5.74) is 10.7. The molecule has 3 rings (SSSR count). The Labute approximate surface area is 118 Å². The quantitative estimate of drug-likeness (QED) is 0.644. The third-order valence-electron chi connectivity index (χ3n) is 3.01. The summed E-state index contributed by atoms with van der Waals surface area (Å²) in [5.74, 6) is 1.06. The number of aromatic amines is 1. The molecule has 0 saturated carbocycles. The lowest BCUT2D eigenvalue weighted by Gasteiger charge is -1.92. The molecule has 0 unspecified atom stereocenters. The van der Waals surface area contributed by atoms with Crippen LogP contribution in [0.5, 0.6) is 0 Å². The molecule has 0 radical (unpaired) electrons. The average molecular weight is 266 g/mol. The SMILES string of the molecule is CCc1nc2ccccc2[nH]1.Cc1ccccc1N=N. The number of fused-ring (bicyclic) bond motifs is 1. The van der Waals surface area contributed by atoms with Gasteiger partial charge in [-0.25, -0.2) is 10.5 Å². The second kappa shape index (κ2) is 6.61. The monoisotopic (exact) mass is 266 g/mol. The summed E-state index contributed by atoms with van der Waals surface area (Å²) in [6, 6.07) is 15.6. The molecular formula is C16H18N4. The summed E-state index contributed by atoms with van der Waals surface area (Å²) in [7, 11) is 0. The highest BCUT2D eigenvalue weighted by molar-refractivity contribution is 5.74. The fraction of sp³-hybridized carbons (Fsp3) is 0.188. The molecule has 0 aliphatic rings. The predicted molar refractivity (Wildman–Crippen MR) is 81.5 cm³/mol. The van der Waals surface area contributed by atoms with E-state index in [9.17, 15) is 0 Å². The van der Waals surface area contributed by atoms with Crippen LogP contribution in [-0.4, -0.2) is 9.97 Å². The molecule has 3 aromatic rings. The van der Waals surface area contributed by atoms with Crippen molar-refractivity contribution in [2.24, 2.45) is 5.11 Å². The average Bonchev–Trinajstić information content (AvgIpc) is 2.91. The summed E-state index contributed by atoms with van der Waals surface area (Å²) in [4.78, 5) is 7.61. The molecular weight excluding hydrogens is 248 g/mol. The van der Waals surface area contributed by atoms with Crippen molar-refractivity contribution in [1.82, 2.24) is 9.97 Å². The van der Waals surface area contributed by atoms with E-state index in [0.29, 0.717) is 0 Å². The van der Waals surface area contributed by atoms with Gasteiger partial charge in [0.15, 0.2) is 0 Å². The summed E-state index contributed by atoms with van der Waals surface area (Å²) >= 11 is 0. The molecule has 0 atom stereocenters. The van der Waals surface area contributed by atoms with E-state index in [2.05, 4.69) is 22.0 Å². The van der Waals surface area contributed by atoms with Gasteiger partial charge < -0.3 is 4.98 Å². The zero-order valence-corrected chi connectivity index (χ0v) is 11.7. The maximum atomic E-state index is 6.71. The van der Waals surface area contributed by atoms with Crippen LogP contribution in [0.4, 0.5) is 5.69 Å². The molecule has 0 aliphatic heterocycles. The first-order valence-electron chi connectivity index (χ1n) is 6.61. The van der Waals surface area contributed by atoms with E-state index in [1.165, 1.54) is 0 Å². The number of rotatable bonds is 2. The molecule has 20 heavy (non-hydrogen) atoms. The second-order valence-corrected chi connectivity index (χ2v) is 4.45. The van der Waals surface area contributed by atoms with E-state index in [0.717, 1.165) is 34.5 Å². The second-order valence-electron chi connectivity index (χ2n) is 4.45. The zero-order chi connectivity index (χ0) is 14.4. The maximum absolute atomic E-state index is 6.71. The van der Waals surface area contributed by atoms with Crippen molar-refractivity contribution in [2.75, 3.05) is 0 Å². The third kappa shape index (κ3) is 3.29. The van der Waals surface area contributed by atoms with Crippen LogP contribution < -0.4 is 0 Å². The number of hydrogen-bond donors (Lipinski definition) is 2. The van der Waals surface area contributed by atoms with Crippen LogP contribution in [0.3, 0.4) is 0 Å². The molecule has 1 heterocycles. The fourth-order valence-corrected chi connectivity index (χ4v) is 1.86. The molecule has 0 spiro atoms. The van der Waals surface area contributed by atoms with Gasteiger partial charge in [0.2, 0.25) is 0 Å². The van der Waals surface area contributed by atoms with E-state index >= 15 is 0 Å². The number of imidazole rings is 1. The molecule has 0 fully saturated rings. The van der Waals surface area contributed by atoms with Gasteiger partial charge in [0.1, 0.15) is 5.82 Å². The van der Waals surface area contributed by atoms with Crippen molar-refractivity contribution in [1.29, 1.82) is 5.53 Å². The minimum Gasteiger partial charge on any atom is -0.342 e. The number of hydrogen-bond acceptors (Lipinski definition) is 3. The standard InChI is InChI=1S/C9H10N2.C7H8N2/c1-2-9-10-7-5-3-4-6-8(7)11-9;1-6-4-2-3-5-7(6)9-8/h3-6H,2H2,1H3,(H,10,11);2-5,8H,1H3. The lowest BCUT2D eigenvalue weighted by atomic mass is 10.2. The number of benzene rings is 2. The molecule has 102 valence electrons. The van der Waals surface area contributed by atoms with Crippen LogP contribution in [0, 0.1) is 12.5 Å². The number of aromatic nitrogens is 2. The van der Waals surface area contributed by atoms with E-state index in [4.69, 9.17) is 5.53 Å². The van der Waals surface area contributed by atoms with E-state index in [1.807, 2.05) is 55.5 Å². The molecule has 4 nitrogen and oxygen atoms in total. The van der Waals surface area contributed by atoms with Gasteiger partial charge >= 0.3 is 0 Å². The topological polar surface area (TPSA) is 64.9 Å². The van der Waals surface area contributed by atoms with E-state index < -0.39 is 0 Å². The Morgan fingerprint density at radius 1 is 1.10 bits per heavy atom. The highest BCUT2D eigenvalue weighted by Crippen LogP contribution is 2.15. The highest BCUT2D eigenvalue weighted by atomic mass is 15.0. The molecule has 0 amide bonds. The van der Waals surface area contributed by atoms with Gasteiger partial charge in [-0.15, -0.1) is 0 Å². The van der Waals surface area contributed by atoms with Crippen LogP contribution in [-0.2, 0) is 6.42 Å². The molecule has 0 aliphatic carbocycles. The highest BCUT2D eigenvalue weighted by Gasteiger charge is 1.97. The maximum Gasteiger partial charge on any atom is 0.106 e. The normalized spacial score (nSPS) is 9.90. The summed E-state index contributed by atoms with van der Waals surface area (Å²) in [6.07, 6.45) is 0.967. The van der Waals surface area contributed by atoms with Crippen molar-refractivity contribution in [3.63, 3.8) is 0 Å². The Hall–Kier alpha value is -2.49. The Kier molecular flexibility index (Phi) is 4.60. The van der Waals surface area contributed by atoms with Gasteiger partial charge in [-0.2, -0.15) is 5.11 Å². The Morgan fingerprint density at radius 3 is 2.40 bits per heavy atom. The lowest BCUT2D eigenvalue weighted by Crippen LogP contribution is -1.79. The molecule has 4 heteroatoms. The van der Waals surface area contributed by atoms with Gasteiger partial charge in [-0.3, -0.25) is 0 Å². The van der Waals surface area contributed by atoms with Crippen molar-refractivity contribution in [3.05, 3.63) is 59.9 Å². The first-order valence-corrected chi connectivity index (χ1v) is 6.61. The van der Waals surface area contributed by atoms with Gasteiger partial charge in [0.05, 0.1) is 16.7 Å². The minimum absolute atomic E-state index is 0.748. The summed E-state index contributed by atoms with van der Waals surface area (Å²) < 4.78 is 0. The molecule has 2 N–H and O–H groups in total. The van der Waals surface area contributed by atoms with Gasteiger partial charge in [0, 0.05) is 6.42 Å². The van der Waals surface area contributed by atoms with Crippen LogP contribution in [0.2, 0.25) is 0 Å². The van der Waals surface area contributed by atoms with Crippen LogP contribution in [0.25, 0.3) is 11.0 Å². The van der Waals surface area contributed by atoms with Crippen LogP contribution in [0.15, 0.2) is 53.6 Å². The number of H-pyrrole nitrogens is 1. The lowest BCUT2D eigenvalue weighted by molar-refractivity contribution is 1.00. The van der Waals surface area contributed by atoms with Crippen LogP contribution in [0.1, 0.15) is 18.3 Å². The molecule has 0 bridgehead atoms. The third-order valence-corrected chi connectivity index (χ3v) is 3.01. The fourth-order valence-electron chi connectivity index (χ4n) is 1.86. The first kappa shape index (κ1) is 13.9. The minimum atomic E-state index is 0.748. The summed E-state index contributed by atoms with van der Waals surface area (Å²) in [6.45, 7) is 4.03. The van der Waals surface area contributed by atoms with Crippen molar-refractivity contribution >= 4 is 16.7 Å². The van der Waals surface area contributed by atoms with Gasteiger partial charge in [0.25, 0.3) is 0 Å². The van der Waals surface area contributed by atoms with Gasteiger partial charge in [-0.05, 0) is 30.7 Å². The smallest absolute Gasteiger partial charge is 0.106 e. The van der Waals surface area contributed by atoms with E-state index in [1.54, 1.807) is 0 Å². The number of nitrogens with zero attached hydrogens (tertiary/aromatic N) is 2. The molecule has 2 aromatic carbocycles. The first-order chi connectivity index (χ1) is 9.74. The Balaban J connectivity index is 0.000000151. The predicted octanol–water partition coefficient (Wildman–Crippen LogP) is 4.78. The van der Waals surface area contributed by atoms with Gasteiger partial charge in [-0.1, -0.05) is 37.3 Å². The number of nitrogens with one attached hydrogen (secondary N) is 2. The number of para-hydroxylation sites is 3. The molecule has 1 aromatic heterocycles. The van der Waals surface area contributed by atoms with Crippen molar-refractivity contribution in [3.8, 4) is 0 Å². The van der Waals surface area contributed by atoms with Crippen molar-refractivity contribution in [2.45, 2.75) is 20.3 Å². The van der Waals surface area contributed by atoms with Crippen LogP contribution >= 0.6 is 0 Å².